The number of rotatable bonds is 3. The van der Waals surface area contributed by atoms with Crippen LogP contribution >= 0.6 is 11.3 Å². The molecule has 0 saturated heterocycles. The second-order valence-electron chi connectivity index (χ2n) is 3.92. The van der Waals surface area contributed by atoms with Crippen LogP contribution in [0.1, 0.15) is 5.56 Å². The number of benzene rings is 1. The van der Waals surface area contributed by atoms with Crippen LogP contribution in [-0.4, -0.2) is 10.3 Å². The third-order valence-electron chi connectivity index (χ3n) is 2.61. The molecule has 96 valence electrons. The van der Waals surface area contributed by atoms with Gasteiger partial charge in [0.05, 0.1) is 5.27 Å². The highest BCUT2D eigenvalue weighted by molar-refractivity contribution is 7.13. The van der Waals surface area contributed by atoms with Crippen LogP contribution in [0.5, 0.6) is 5.95 Å². The van der Waals surface area contributed by atoms with E-state index in [0.29, 0.717) is 23.1 Å². The van der Waals surface area contributed by atoms with Crippen molar-refractivity contribution in [2.75, 3.05) is 5.73 Å². The number of thiazole rings is 1. The largest absolute Gasteiger partial charge is 0.539 e. The van der Waals surface area contributed by atoms with Crippen molar-refractivity contribution in [1.29, 1.82) is 0 Å². The minimum Gasteiger partial charge on any atom is -0.539 e. The summed E-state index contributed by atoms with van der Waals surface area (Å²) in [4.78, 5) is 4.09. The molecular weight excluding hydrogens is 264 g/mol. The summed E-state index contributed by atoms with van der Waals surface area (Å²) in [6, 6.07) is 9.68. The van der Waals surface area contributed by atoms with E-state index >= 15 is 0 Å². The van der Waals surface area contributed by atoms with Gasteiger partial charge in [0.15, 0.2) is 16.8 Å². The maximum absolute atomic E-state index is 11.7. The fourth-order valence-corrected chi connectivity index (χ4v) is 2.32. The molecule has 0 atom stereocenters. The van der Waals surface area contributed by atoms with Gasteiger partial charge in [-0.1, -0.05) is 35.0 Å². The highest BCUT2D eigenvalue weighted by Crippen LogP contribution is 2.25. The van der Waals surface area contributed by atoms with Crippen molar-refractivity contribution < 1.29 is 14.3 Å². The zero-order valence-corrected chi connectivity index (χ0v) is 10.6. The molecule has 0 radical (unpaired) electrons. The molecule has 0 aliphatic rings. The molecule has 0 unspecified atom stereocenters. The summed E-state index contributed by atoms with van der Waals surface area (Å²) < 4.78 is 6.20. The highest BCUT2D eigenvalue weighted by Gasteiger charge is 2.22. The SMILES string of the molecule is Nc1nc(-c2c([O-])on[n+]2Cc2ccccc2)cs1. The molecular formula is C12H10N4O2S. The molecule has 0 fully saturated rings. The fraction of sp³-hybridized carbons (Fsp3) is 0.0833. The first kappa shape index (κ1) is 11.7. The van der Waals surface area contributed by atoms with Crippen LogP contribution < -0.4 is 15.5 Å². The first-order valence-corrected chi connectivity index (χ1v) is 6.44. The molecule has 1 aromatic carbocycles. The molecule has 2 heterocycles. The molecule has 0 saturated carbocycles. The lowest BCUT2D eigenvalue weighted by molar-refractivity contribution is -0.745. The second kappa shape index (κ2) is 4.69. The lowest BCUT2D eigenvalue weighted by Crippen LogP contribution is -2.38. The smallest absolute Gasteiger partial charge is 0.283 e. The van der Waals surface area contributed by atoms with Gasteiger partial charge in [0.25, 0.3) is 5.69 Å². The van der Waals surface area contributed by atoms with Gasteiger partial charge in [-0.05, 0) is 0 Å². The van der Waals surface area contributed by atoms with Crippen LogP contribution in [-0.2, 0) is 6.54 Å². The average molecular weight is 274 g/mol. The van der Waals surface area contributed by atoms with Gasteiger partial charge in [0.1, 0.15) is 0 Å². The zero-order chi connectivity index (χ0) is 13.2. The highest BCUT2D eigenvalue weighted by atomic mass is 32.1. The van der Waals surface area contributed by atoms with Crippen LogP contribution in [0.25, 0.3) is 11.4 Å². The zero-order valence-electron chi connectivity index (χ0n) is 9.81. The Balaban J connectivity index is 1.99. The van der Waals surface area contributed by atoms with E-state index in [0.717, 1.165) is 5.56 Å². The van der Waals surface area contributed by atoms with E-state index in [4.69, 9.17) is 10.3 Å². The fourth-order valence-electron chi connectivity index (χ4n) is 1.77. The lowest BCUT2D eigenvalue weighted by Gasteiger charge is -1.96. The minimum atomic E-state index is -0.513. The van der Waals surface area contributed by atoms with Gasteiger partial charge in [0.2, 0.25) is 6.54 Å². The van der Waals surface area contributed by atoms with Crippen molar-refractivity contribution in [2.45, 2.75) is 6.54 Å². The van der Waals surface area contributed by atoms with Crippen LogP contribution in [0.3, 0.4) is 0 Å². The Hall–Kier alpha value is -2.41. The van der Waals surface area contributed by atoms with Gasteiger partial charge in [-0.3, -0.25) is 0 Å². The van der Waals surface area contributed by atoms with Gasteiger partial charge >= 0.3 is 0 Å². The maximum atomic E-state index is 11.7. The molecule has 0 aliphatic carbocycles. The molecule has 19 heavy (non-hydrogen) atoms. The molecule has 0 amide bonds. The molecule has 0 bridgehead atoms. The number of nitrogens with zero attached hydrogens (tertiary/aromatic N) is 3. The third-order valence-corrected chi connectivity index (χ3v) is 3.29. The van der Waals surface area contributed by atoms with Gasteiger partial charge in [-0.2, -0.15) is 0 Å². The Labute approximate surface area is 112 Å². The molecule has 3 rings (SSSR count). The topological polar surface area (TPSA) is 91.9 Å². The monoisotopic (exact) mass is 274 g/mol. The van der Waals surface area contributed by atoms with E-state index in [-0.39, 0.29) is 0 Å². The molecule has 3 aromatic rings. The number of anilines is 1. The Morgan fingerprint density at radius 1 is 1.32 bits per heavy atom. The molecule has 2 N–H and O–H groups in total. The van der Waals surface area contributed by atoms with Gasteiger partial charge in [-0.15, -0.1) is 11.3 Å². The maximum Gasteiger partial charge on any atom is 0.283 e. The van der Waals surface area contributed by atoms with Crippen molar-refractivity contribution in [3.05, 3.63) is 41.3 Å². The van der Waals surface area contributed by atoms with Crippen molar-refractivity contribution in [3.63, 3.8) is 0 Å². The van der Waals surface area contributed by atoms with Crippen molar-refractivity contribution in [1.82, 2.24) is 10.3 Å². The van der Waals surface area contributed by atoms with Gasteiger partial charge in [0, 0.05) is 10.9 Å². The Morgan fingerprint density at radius 2 is 2.11 bits per heavy atom. The van der Waals surface area contributed by atoms with Crippen LogP contribution in [0.4, 0.5) is 5.13 Å². The molecule has 7 heteroatoms. The first-order valence-electron chi connectivity index (χ1n) is 5.56. The Bertz CT molecular complexity index is 693. The number of hydrogen-bond acceptors (Lipinski definition) is 6. The molecule has 0 spiro atoms. The van der Waals surface area contributed by atoms with E-state index in [1.165, 1.54) is 16.0 Å². The standard InChI is InChI=1S/C12H10N4O2S/c13-12-14-9(7-19-12)10-11(17)18-15-16(10)6-8-4-2-1-3-5-8/h1-5,7H,6H2,(H2-,13,14,15,17). The van der Waals surface area contributed by atoms with Gasteiger partial charge < -0.3 is 15.4 Å². The number of hydrogen-bond donors (Lipinski definition) is 1. The second-order valence-corrected chi connectivity index (χ2v) is 4.81. The van der Waals surface area contributed by atoms with E-state index in [1.807, 2.05) is 30.3 Å². The average Bonchev–Trinajstić information content (AvgIpc) is 2.97. The van der Waals surface area contributed by atoms with E-state index in [2.05, 4.69) is 10.3 Å². The summed E-state index contributed by atoms with van der Waals surface area (Å²) in [5, 5.41) is 17.6. The van der Waals surface area contributed by atoms with Crippen LogP contribution in [0.15, 0.2) is 40.2 Å². The van der Waals surface area contributed by atoms with E-state index in [1.54, 1.807) is 5.38 Å². The molecule has 0 aliphatic heterocycles. The number of nitrogens with two attached hydrogens (primary N) is 1. The molecule has 6 nitrogen and oxygen atoms in total. The minimum absolute atomic E-state index is 0.316. The summed E-state index contributed by atoms with van der Waals surface area (Å²) in [6.07, 6.45) is 0. The summed E-state index contributed by atoms with van der Waals surface area (Å²) >= 11 is 1.27. The summed E-state index contributed by atoms with van der Waals surface area (Å²) in [7, 11) is 0. The van der Waals surface area contributed by atoms with Crippen molar-refractivity contribution in [2.24, 2.45) is 0 Å². The summed E-state index contributed by atoms with van der Waals surface area (Å²) in [5.74, 6) is -0.513. The Kier molecular flexibility index (Phi) is 2.88. The molecule has 2 aromatic heterocycles. The first-order chi connectivity index (χ1) is 9.24. The summed E-state index contributed by atoms with van der Waals surface area (Å²) in [5.41, 5.74) is 7.41. The summed E-state index contributed by atoms with van der Waals surface area (Å²) in [6.45, 7) is 0.444. The van der Waals surface area contributed by atoms with E-state index in [9.17, 15) is 5.11 Å². The van der Waals surface area contributed by atoms with Crippen LogP contribution in [0.2, 0.25) is 0 Å². The third kappa shape index (κ3) is 2.27. The predicted molar refractivity (Wildman–Crippen MR) is 67.2 cm³/mol. The van der Waals surface area contributed by atoms with Crippen molar-refractivity contribution in [3.8, 4) is 17.3 Å². The predicted octanol–water partition coefficient (Wildman–Crippen LogP) is 0.790. The van der Waals surface area contributed by atoms with E-state index < -0.39 is 5.95 Å². The normalized spacial score (nSPS) is 10.7. The van der Waals surface area contributed by atoms with Crippen molar-refractivity contribution >= 4 is 16.5 Å². The number of nitrogen functional groups attached to an aromatic ring is 1. The number of aromatic nitrogens is 3. The quantitative estimate of drug-likeness (QED) is 0.713. The van der Waals surface area contributed by atoms with Gasteiger partial charge in [-0.25, -0.2) is 4.98 Å². The Morgan fingerprint density at radius 3 is 2.79 bits per heavy atom. The van der Waals surface area contributed by atoms with Crippen LogP contribution in [0, 0.1) is 0 Å². The lowest BCUT2D eigenvalue weighted by atomic mass is 10.2.